The van der Waals surface area contributed by atoms with Crippen molar-refractivity contribution in [3.63, 3.8) is 0 Å². The summed E-state index contributed by atoms with van der Waals surface area (Å²) >= 11 is 0. The van der Waals surface area contributed by atoms with Crippen molar-refractivity contribution in [2.75, 3.05) is 0 Å². The molecule has 0 saturated heterocycles. The van der Waals surface area contributed by atoms with Crippen molar-refractivity contribution in [2.45, 2.75) is 20.5 Å². The van der Waals surface area contributed by atoms with Gasteiger partial charge in [0.05, 0.1) is 5.56 Å². The summed E-state index contributed by atoms with van der Waals surface area (Å²) in [6.07, 6.45) is 3.44. The van der Waals surface area contributed by atoms with E-state index in [-0.39, 0.29) is 5.88 Å². The highest BCUT2D eigenvalue weighted by Crippen LogP contribution is 2.25. The predicted molar refractivity (Wildman–Crippen MR) is 68.0 cm³/mol. The molecule has 0 N–H and O–H groups in total. The molecule has 100 valence electrons. The molecule has 2 aromatic rings. The summed E-state index contributed by atoms with van der Waals surface area (Å²) in [7, 11) is 0. The Bertz CT molecular complexity index is 574. The SMILES string of the molecule is Cc1ccc(/C=C/c2c(OC(F)F)noc2C)cc1. The third-order valence-corrected chi connectivity index (χ3v) is 2.60. The van der Waals surface area contributed by atoms with Gasteiger partial charge in [0.15, 0.2) is 0 Å². The maximum Gasteiger partial charge on any atom is 0.388 e. The maximum atomic E-state index is 12.2. The van der Waals surface area contributed by atoms with Crippen LogP contribution in [-0.2, 0) is 0 Å². The molecule has 0 unspecified atom stereocenters. The largest absolute Gasteiger partial charge is 0.413 e. The summed E-state index contributed by atoms with van der Waals surface area (Å²) in [5.74, 6) is 0.231. The zero-order valence-electron chi connectivity index (χ0n) is 10.6. The second-order valence-electron chi connectivity index (χ2n) is 4.08. The number of rotatable bonds is 4. The van der Waals surface area contributed by atoms with Crippen LogP contribution in [0, 0.1) is 13.8 Å². The van der Waals surface area contributed by atoms with Crippen molar-refractivity contribution in [3.05, 3.63) is 46.7 Å². The van der Waals surface area contributed by atoms with Crippen molar-refractivity contribution in [1.29, 1.82) is 0 Å². The molecule has 0 fully saturated rings. The molecule has 0 saturated carbocycles. The van der Waals surface area contributed by atoms with Gasteiger partial charge in [0.1, 0.15) is 5.76 Å². The second-order valence-corrected chi connectivity index (χ2v) is 4.08. The van der Waals surface area contributed by atoms with Crippen LogP contribution in [0.1, 0.15) is 22.5 Å². The lowest BCUT2D eigenvalue weighted by molar-refractivity contribution is -0.0547. The first-order valence-corrected chi connectivity index (χ1v) is 5.72. The summed E-state index contributed by atoms with van der Waals surface area (Å²) < 4.78 is 33.5. The van der Waals surface area contributed by atoms with E-state index in [1.807, 2.05) is 31.2 Å². The van der Waals surface area contributed by atoms with E-state index in [4.69, 9.17) is 4.52 Å². The van der Waals surface area contributed by atoms with E-state index >= 15 is 0 Å². The minimum atomic E-state index is -2.92. The summed E-state index contributed by atoms with van der Waals surface area (Å²) in [5.41, 5.74) is 2.52. The highest BCUT2D eigenvalue weighted by Gasteiger charge is 2.15. The van der Waals surface area contributed by atoms with Crippen molar-refractivity contribution >= 4 is 12.2 Å². The van der Waals surface area contributed by atoms with E-state index in [9.17, 15) is 8.78 Å². The van der Waals surface area contributed by atoms with Gasteiger partial charge in [0, 0.05) is 0 Å². The number of halogens is 2. The maximum absolute atomic E-state index is 12.2. The van der Waals surface area contributed by atoms with Crippen LogP contribution in [0.25, 0.3) is 12.2 Å². The molecule has 0 aliphatic heterocycles. The van der Waals surface area contributed by atoms with Crippen LogP contribution in [0.4, 0.5) is 8.78 Å². The van der Waals surface area contributed by atoms with Crippen molar-refractivity contribution in [3.8, 4) is 5.88 Å². The summed E-state index contributed by atoms with van der Waals surface area (Å²) in [4.78, 5) is 0. The standard InChI is InChI=1S/C14H13F2NO2/c1-9-3-5-11(6-4-9)7-8-12-10(2)19-17-13(12)18-14(15)16/h3-8,14H,1-2H3/b8-7+. The van der Waals surface area contributed by atoms with Gasteiger partial charge >= 0.3 is 6.61 Å². The molecular formula is C14H13F2NO2. The van der Waals surface area contributed by atoms with Crippen molar-refractivity contribution in [2.24, 2.45) is 0 Å². The normalized spacial score (nSPS) is 11.4. The lowest BCUT2D eigenvalue weighted by Gasteiger charge is -2.00. The Balaban J connectivity index is 2.22. The third-order valence-electron chi connectivity index (χ3n) is 2.60. The molecule has 0 aliphatic rings. The molecule has 0 radical (unpaired) electrons. The fourth-order valence-corrected chi connectivity index (χ4v) is 1.57. The molecule has 0 aliphatic carbocycles. The monoisotopic (exact) mass is 265 g/mol. The topological polar surface area (TPSA) is 35.3 Å². The Kier molecular flexibility index (Phi) is 3.94. The van der Waals surface area contributed by atoms with Gasteiger partial charge in [-0.1, -0.05) is 35.9 Å². The van der Waals surface area contributed by atoms with Gasteiger partial charge in [-0.3, -0.25) is 0 Å². The molecule has 1 aromatic heterocycles. The van der Waals surface area contributed by atoms with Crippen LogP contribution in [-0.4, -0.2) is 11.8 Å². The average Bonchev–Trinajstić information content (AvgIpc) is 2.69. The van der Waals surface area contributed by atoms with Gasteiger partial charge in [-0.05, 0) is 30.6 Å². The van der Waals surface area contributed by atoms with E-state index < -0.39 is 6.61 Å². The molecule has 0 atom stereocenters. The smallest absolute Gasteiger partial charge is 0.388 e. The fraction of sp³-hybridized carbons (Fsp3) is 0.214. The number of ether oxygens (including phenoxy) is 1. The molecule has 3 nitrogen and oxygen atoms in total. The van der Waals surface area contributed by atoms with Gasteiger partial charge in [0.25, 0.3) is 5.88 Å². The quantitative estimate of drug-likeness (QED) is 0.836. The second kappa shape index (κ2) is 5.65. The summed E-state index contributed by atoms with van der Waals surface area (Å²) in [5, 5.41) is 3.45. The fourth-order valence-electron chi connectivity index (χ4n) is 1.57. The molecular weight excluding hydrogens is 252 g/mol. The van der Waals surface area contributed by atoms with Crippen LogP contribution < -0.4 is 4.74 Å². The molecule has 2 rings (SSSR count). The van der Waals surface area contributed by atoms with E-state index in [0.29, 0.717) is 11.3 Å². The minimum absolute atomic E-state index is 0.198. The number of nitrogens with zero attached hydrogens (tertiary/aromatic N) is 1. The van der Waals surface area contributed by atoms with Crippen LogP contribution in [0.15, 0.2) is 28.8 Å². The molecule has 1 heterocycles. The Labute approximate surface area is 109 Å². The third kappa shape index (κ3) is 3.40. The Morgan fingerprint density at radius 3 is 2.47 bits per heavy atom. The highest BCUT2D eigenvalue weighted by atomic mass is 19.3. The van der Waals surface area contributed by atoms with Crippen LogP contribution in [0.2, 0.25) is 0 Å². The van der Waals surface area contributed by atoms with Crippen LogP contribution in [0.3, 0.4) is 0 Å². The van der Waals surface area contributed by atoms with Crippen LogP contribution in [0.5, 0.6) is 5.88 Å². The molecule has 0 spiro atoms. The molecule has 19 heavy (non-hydrogen) atoms. The highest BCUT2D eigenvalue weighted by molar-refractivity contribution is 5.72. The number of benzene rings is 1. The number of aryl methyl sites for hydroxylation is 2. The first-order chi connectivity index (χ1) is 9.06. The lowest BCUT2D eigenvalue weighted by Crippen LogP contribution is -2.03. The van der Waals surface area contributed by atoms with Gasteiger partial charge < -0.3 is 9.26 Å². The number of aromatic nitrogens is 1. The van der Waals surface area contributed by atoms with Gasteiger partial charge in [0.2, 0.25) is 0 Å². The van der Waals surface area contributed by atoms with Crippen molar-refractivity contribution in [1.82, 2.24) is 5.16 Å². The zero-order chi connectivity index (χ0) is 13.8. The first-order valence-electron chi connectivity index (χ1n) is 5.72. The minimum Gasteiger partial charge on any atom is -0.413 e. The Morgan fingerprint density at radius 2 is 1.84 bits per heavy atom. The first kappa shape index (κ1) is 13.3. The van der Waals surface area contributed by atoms with E-state index in [0.717, 1.165) is 11.1 Å². The molecule has 0 bridgehead atoms. The number of hydrogen-bond donors (Lipinski definition) is 0. The van der Waals surface area contributed by atoms with Crippen molar-refractivity contribution < 1.29 is 18.0 Å². The van der Waals surface area contributed by atoms with E-state index in [1.54, 1.807) is 19.1 Å². The number of alkyl halides is 2. The predicted octanol–water partition coefficient (Wildman–Crippen LogP) is 4.06. The zero-order valence-corrected chi connectivity index (χ0v) is 10.6. The Morgan fingerprint density at radius 1 is 1.16 bits per heavy atom. The van der Waals surface area contributed by atoms with Gasteiger partial charge in [-0.25, -0.2) is 0 Å². The lowest BCUT2D eigenvalue weighted by atomic mass is 10.1. The summed E-state index contributed by atoms with van der Waals surface area (Å²) in [6, 6.07) is 7.80. The van der Waals surface area contributed by atoms with E-state index in [2.05, 4.69) is 9.89 Å². The van der Waals surface area contributed by atoms with Gasteiger partial charge in [-0.2, -0.15) is 8.78 Å². The molecule has 0 amide bonds. The average molecular weight is 265 g/mol. The molecule has 5 heteroatoms. The Hall–Kier alpha value is -2.17. The molecule has 1 aromatic carbocycles. The number of hydrogen-bond acceptors (Lipinski definition) is 3. The van der Waals surface area contributed by atoms with Gasteiger partial charge in [-0.15, -0.1) is 0 Å². The van der Waals surface area contributed by atoms with E-state index in [1.165, 1.54) is 0 Å². The van der Waals surface area contributed by atoms with Crippen LogP contribution >= 0.6 is 0 Å². The summed E-state index contributed by atoms with van der Waals surface area (Å²) in [6.45, 7) is 0.711.